The molecule has 0 spiro atoms. The maximum absolute atomic E-state index is 6.53. The van der Waals surface area contributed by atoms with E-state index in [9.17, 15) is 0 Å². The molecule has 20 heavy (non-hydrogen) atoms. The molecule has 3 heteroatoms. The van der Waals surface area contributed by atoms with Crippen LogP contribution in [0.4, 0.5) is 0 Å². The van der Waals surface area contributed by atoms with E-state index >= 15 is 0 Å². The van der Waals surface area contributed by atoms with Gasteiger partial charge in [-0.25, -0.2) is 0 Å². The predicted octanol–water partition coefficient (Wildman–Crippen LogP) is 4.70. The Bertz CT molecular complexity index is 568. The van der Waals surface area contributed by atoms with Gasteiger partial charge in [0.25, 0.3) is 0 Å². The van der Waals surface area contributed by atoms with Crippen molar-refractivity contribution in [3.8, 4) is 5.75 Å². The fraction of sp³-hybridized carbons (Fsp3) is 0.353. The van der Waals surface area contributed by atoms with Gasteiger partial charge in [0.1, 0.15) is 5.75 Å². The van der Waals surface area contributed by atoms with Gasteiger partial charge in [0.05, 0.1) is 11.5 Å². The Labute approximate surface area is 125 Å². The van der Waals surface area contributed by atoms with Crippen molar-refractivity contribution >= 4 is 11.6 Å². The maximum atomic E-state index is 6.53. The van der Waals surface area contributed by atoms with E-state index in [1.54, 1.807) is 0 Å². The minimum Gasteiger partial charge on any atom is -0.491 e. The lowest BCUT2D eigenvalue weighted by atomic mass is 10.0. The Balaban J connectivity index is 2.13. The maximum Gasteiger partial charge on any atom is 0.120 e. The highest BCUT2D eigenvalue weighted by atomic mass is 35.5. The molecule has 1 aromatic carbocycles. The summed E-state index contributed by atoms with van der Waals surface area (Å²) in [6.45, 7) is 6.09. The zero-order chi connectivity index (χ0) is 14.5. The first-order valence-corrected chi connectivity index (χ1v) is 7.31. The number of nitrogens with zero attached hydrogens (tertiary/aromatic N) is 1. The molecule has 2 rings (SSSR count). The lowest BCUT2D eigenvalue weighted by Gasteiger charge is -2.14. The SMILES string of the molecule is Cc1cccnc1CC(Cl)c1cccc(OC(C)C)c1. The molecule has 0 amide bonds. The van der Waals surface area contributed by atoms with Crippen molar-refractivity contribution in [2.75, 3.05) is 0 Å². The standard InChI is InChI=1S/C17H20ClNO/c1-12(2)20-15-8-4-7-14(10-15)16(18)11-17-13(3)6-5-9-19-17/h4-10,12,16H,11H2,1-3H3. The van der Waals surface area contributed by atoms with Gasteiger partial charge < -0.3 is 4.74 Å². The number of pyridine rings is 1. The Morgan fingerprint density at radius 2 is 2.00 bits per heavy atom. The first kappa shape index (κ1) is 14.9. The van der Waals surface area contributed by atoms with E-state index in [1.807, 2.05) is 50.4 Å². The second kappa shape index (κ2) is 6.76. The number of aryl methyl sites for hydroxylation is 1. The Hall–Kier alpha value is -1.54. The molecule has 0 N–H and O–H groups in total. The van der Waals surface area contributed by atoms with E-state index in [-0.39, 0.29) is 11.5 Å². The zero-order valence-corrected chi connectivity index (χ0v) is 12.9. The minimum atomic E-state index is -0.0979. The lowest BCUT2D eigenvalue weighted by molar-refractivity contribution is 0.242. The number of hydrogen-bond donors (Lipinski definition) is 0. The molecule has 2 aromatic rings. The molecule has 106 valence electrons. The van der Waals surface area contributed by atoms with Crippen LogP contribution >= 0.6 is 11.6 Å². The zero-order valence-electron chi connectivity index (χ0n) is 12.1. The van der Waals surface area contributed by atoms with Gasteiger partial charge in [-0.1, -0.05) is 18.2 Å². The molecule has 1 heterocycles. The van der Waals surface area contributed by atoms with Crippen LogP contribution in [-0.4, -0.2) is 11.1 Å². The van der Waals surface area contributed by atoms with Gasteiger partial charge in [-0.15, -0.1) is 11.6 Å². The summed E-state index contributed by atoms with van der Waals surface area (Å²) in [5, 5.41) is -0.0979. The monoisotopic (exact) mass is 289 g/mol. The predicted molar refractivity (Wildman–Crippen MR) is 83.5 cm³/mol. The molecule has 0 saturated carbocycles. The number of benzene rings is 1. The van der Waals surface area contributed by atoms with Crippen molar-refractivity contribution in [2.24, 2.45) is 0 Å². The normalized spacial score (nSPS) is 12.4. The van der Waals surface area contributed by atoms with Crippen LogP contribution in [0, 0.1) is 6.92 Å². The first-order chi connectivity index (χ1) is 9.56. The molecule has 0 saturated heterocycles. The van der Waals surface area contributed by atoms with Crippen LogP contribution < -0.4 is 4.74 Å². The molecule has 0 aliphatic rings. The van der Waals surface area contributed by atoms with Gasteiger partial charge in [-0.3, -0.25) is 4.98 Å². The first-order valence-electron chi connectivity index (χ1n) is 6.87. The molecule has 0 fully saturated rings. The second-order valence-electron chi connectivity index (χ2n) is 5.18. The van der Waals surface area contributed by atoms with Gasteiger partial charge in [-0.05, 0) is 50.1 Å². The van der Waals surface area contributed by atoms with Gasteiger partial charge >= 0.3 is 0 Å². The third-order valence-electron chi connectivity index (χ3n) is 3.08. The van der Waals surface area contributed by atoms with Gasteiger partial charge in [0, 0.05) is 18.3 Å². The van der Waals surface area contributed by atoms with E-state index in [1.165, 1.54) is 5.56 Å². The topological polar surface area (TPSA) is 22.1 Å². The van der Waals surface area contributed by atoms with Crippen molar-refractivity contribution in [3.05, 3.63) is 59.4 Å². The summed E-state index contributed by atoms with van der Waals surface area (Å²) < 4.78 is 5.70. The van der Waals surface area contributed by atoms with E-state index in [0.29, 0.717) is 0 Å². The highest BCUT2D eigenvalue weighted by Crippen LogP contribution is 2.28. The van der Waals surface area contributed by atoms with Crippen LogP contribution in [0.5, 0.6) is 5.75 Å². The van der Waals surface area contributed by atoms with Gasteiger partial charge in [0.2, 0.25) is 0 Å². The Morgan fingerprint density at radius 3 is 2.70 bits per heavy atom. The molecule has 0 radical (unpaired) electrons. The summed E-state index contributed by atoms with van der Waals surface area (Å²) in [6.07, 6.45) is 2.70. The number of hydrogen-bond acceptors (Lipinski definition) is 2. The molecule has 1 atom stereocenters. The molecule has 0 bridgehead atoms. The van der Waals surface area contributed by atoms with E-state index in [0.717, 1.165) is 23.4 Å². The van der Waals surface area contributed by atoms with Crippen molar-refractivity contribution in [2.45, 2.75) is 38.7 Å². The second-order valence-corrected chi connectivity index (χ2v) is 5.70. The average molecular weight is 290 g/mol. The Kier molecular flexibility index (Phi) is 5.02. The highest BCUT2D eigenvalue weighted by molar-refractivity contribution is 6.20. The molecular weight excluding hydrogens is 270 g/mol. The number of ether oxygens (including phenoxy) is 1. The van der Waals surface area contributed by atoms with Crippen LogP contribution in [0.25, 0.3) is 0 Å². The van der Waals surface area contributed by atoms with Crippen molar-refractivity contribution < 1.29 is 4.74 Å². The van der Waals surface area contributed by atoms with E-state index in [4.69, 9.17) is 16.3 Å². The van der Waals surface area contributed by atoms with Crippen molar-refractivity contribution in [3.63, 3.8) is 0 Å². The smallest absolute Gasteiger partial charge is 0.120 e. The van der Waals surface area contributed by atoms with Crippen LogP contribution in [0.2, 0.25) is 0 Å². The number of halogens is 1. The summed E-state index contributed by atoms with van der Waals surface area (Å²) in [4.78, 5) is 4.40. The van der Waals surface area contributed by atoms with Crippen LogP contribution in [0.1, 0.15) is 36.0 Å². The van der Waals surface area contributed by atoms with Gasteiger partial charge in [-0.2, -0.15) is 0 Å². The fourth-order valence-electron chi connectivity index (χ4n) is 2.07. The van der Waals surface area contributed by atoms with Gasteiger partial charge in [0.15, 0.2) is 0 Å². The molecular formula is C17H20ClNO. The van der Waals surface area contributed by atoms with Crippen LogP contribution in [0.3, 0.4) is 0 Å². The molecule has 0 aliphatic carbocycles. The number of rotatable bonds is 5. The van der Waals surface area contributed by atoms with Crippen molar-refractivity contribution in [1.82, 2.24) is 4.98 Å². The van der Waals surface area contributed by atoms with E-state index < -0.39 is 0 Å². The summed E-state index contributed by atoms with van der Waals surface area (Å²) in [7, 11) is 0. The average Bonchev–Trinajstić information content (AvgIpc) is 2.41. The third kappa shape index (κ3) is 3.97. The third-order valence-corrected chi connectivity index (χ3v) is 3.49. The largest absolute Gasteiger partial charge is 0.491 e. The summed E-state index contributed by atoms with van der Waals surface area (Å²) >= 11 is 6.53. The lowest BCUT2D eigenvalue weighted by Crippen LogP contribution is -2.06. The molecule has 1 aromatic heterocycles. The minimum absolute atomic E-state index is 0.0979. The summed E-state index contributed by atoms with van der Waals surface area (Å²) in [5.41, 5.74) is 3.28. The summed E-state index contributed by atoms with van der Waals surface area (Å²) in [6, 6.07) is 12.0. The molecule has 1 unspecified atom stereocenters. The number of aromatic nitrogens is 1. The van der Waals surface area contributed by atoms with E-state index in [2.05, 4.69) is 18.0 Å². The molecule has 2 nitrogen and oxygen atoms in total. The van der Waals surface area contributed by atoms with Crippen LogP contribution in [0.15, 0.2) is 42.6 Å². The fourth-order valence-corrected chi connectivity index (χ4v) is 2.36. The van der Waals surface area contributed by atoms with Crippen molar-refractivity contribution in [1.29, 1.82) is 0 Å². The Morgan fingerprint density at radius 1 is 1.20 bits per heavy atom. The summed E-state index contributed by atoms with van der Waals surface area (Å²) in [5.74, 6) is 0.862. The highest BCUT2D eigenvalue weighted by Gasteiger charge is 2.12. The quantitative estimate of drug-likeness (QED) is 0.744. The number of alkyl halides is 1. The molecule has 0 aliphatic heterocycles. The van der Waals surface area contributed by atoms with Crippen LogP contribution in [-0.2, 0) is 6.42 Å².